The van der Waals surface area contributed by atoms with E-state index in [1.165, 1.54) is 16.3 Å². The van der Waals surface area contributed by atoms with Crippen molar-refractivity contribution in [1.82, 2.24) is 9.55 Å². The number of carbonyl (C=O) groups excluding carboxylic acids is 1. The minimum absolute atomic E-state index is 0.0522. The molecule has 0 atom stereocenters. The number of hydrogen-bond donors (Lipinski definition) is 1. The molecule has 1 N–H and O–H groups in total. The number of rotatable bonds is 5. The number of amides is 1. The molecule has 0 radical (unpaired) electrons. The molecule has 8 heteroatoms. The number of fused-ring (bicyclic) bond motifs is 1. The minimum Gasteiger partial charge on any atom is -0.324 e. The number of hydrogen-bond acceptors (Lipinski definition) is 4. The SMILES string of the molecule is O=C(CSc1nc2ccccc2c(=O)n1-c1ccccc1)Nc1ccc(Cl)cc1Cl. The number of aromatic nitrogens is 2. The van der Waals surface area contributed by atoms with Crippen molar-refractivity contribution in [3.8, 4) is 5.69 Å². The van der Waals surface area contributed by atoms with Crippen molar-refractivity contribution in [1.29, 1.82) is 0 Å². The largest absolute Gasteiger partial charge is 0.324 e. The molecule has 0 bridgehead atoms. The van der Waals surface area contributed by atoms with Crippen LogP contribution in [-0.2, 0) is 4.79 Å². The standard InChI is InChI=1S/C22H15Cl2N3O2S/c23-14-10-11-19(17(24)12-14)25-20(28)13-30-22-26-18-9-5-4-8-16(18)21(29)27(22)15-6-2-1-3-7-15/h1-12H,13H2,(H,25,28). The van der Waals surface area contributed by atoms with E-state index in [4.69, 9.17) is 23.2 Å². The quantitative estimate of drug-likeness (QED) is 0.322. The molecular formula is C22H15Cl2N3O2S. The number of anilines is 1. The average molecular weight is 456 g/mol. The fourth-order valence-electron chi connectivity index (χ4n) is 2.92. The van der Waals surface area contributed by atoms with Crippen LogP contribution in [0.3, 0.4) is 0 Å². The van der Waals surface area contributed by atoms with Gasteiger partial charge in [-0.3, -0.25) is 14.2 Å². The Morgan fingerprint density at radius 1 is 1.00 bits per heavy atom. The molecule has 0 aliphatic rings. The lowest BCUT2D eigenvalue weighted by Gasteiger charge is -2.13. The van der Waals surface area contributed by atoms with E-state index in [0.29, 0.717) is 37.5 Å². The summed E-state index contributed by atoms with van der Waals surface area (Å²) in [7, 11) is 0. The zero-order valence-electron chi connectivity index (χ0n) is 15.5. The molecule has 0 unspecified atom stereocenters. The number of halogens is 2. The van der Waals surface area contributed by atoms with E-state index in [-0.39, 0.29) is 17.2 Å². The molecule has 0 saturated heterocycles. The molecule has 0 spiro atoms. The van der Waals surface area contributed by atoms with Gasteiger partial charge in [-0.05, 0) is 42.5 Å². The van der Waals surface area contributed by atoms with Gasteiger partial charge in [0.1, 0.15) is 0 Å². The molecular weight excluding hydrogens is 441 g/mol. The van der Waals surface area contributed by atoms with Gasteiger partial charge in [0, 0.05) is 5.02 Å². The monoisotopic (exact) mass is 455 g/mol. The van der Waals surface area contributed by atoms with E-state index in [1.807, 2.05) is 36.4 Å². The first kappa shape index (κ1) is 20.5. The lowest BCUT2D eigenvalue weighted by molar-refractivity contribution is -0.113. The van der Waals surface area contributed by atoms with Crippen molar-refractivity contribution in [3.05, 3.63) is 93.2 Å². The first-order chi connectivity index (χ1) is 14.5. The second-order valence-corrected chi connectivity index (χ2v) is 8.13. The molecule has 4 rings (SSSR count). The third-order valence-electron chi connectivity index (χ3n) is 4.30. The van der Waals surface area contributed by atoms with Crippen LogP contribution in [-0.4, -0.2) is 21.2 Å². The fraction of sp³-hybridized carbons (Fsp3) is 0.0455. The van der Waals surface area contributed by atoms with Crippen molar-refractivity contribution in [2.75, 3.05) is 11.1 Å². The molecule has 5 nitrogen and oxygen atoms in total. The Labute approximate surface area is 186 Å². The molecule has 0 aliphatic heterocycles. The lowest BCUT2D eigenvalue weighted by Crippen LogP contribution is -2.23. The Morgan fingerprint density at radius 2 is 1.73 bits per heavy atom. The summed E-state index contributed by atoms with van der Waals surface area (Å²) in [6, 6.07) is 21.2. The third-order valence-corrected chi connectivity index (χ3v) is 5.78. The van der Waals surface area contributed by atoms with Crippen LogP contribution < -0.4 is 10.9 Å². The van der Waals surface area contributed by atoms with Crippen LogP contribution in [0.25, 0.3) is 16.6 Å². The van der Waals surface area contributed by atoms with Crippen LogP contribution >= 0.6 is 35.0 Å². The van der Waals surface area contributed by atoms with Crippen molar-refractivity contribution >= 4 is 57.5 Å². The minimum atomic E-state index is -0.272. The van der Waals surface area contributed by atoms with Gasteiger partial charge in [0.05, 0.1) is 33.1 Å². The molecule has 0 fully saturated rings. The van der Waals surface area contributed by atoms with E-state index in [9.17, 15) is 9.59 Å². The van der Waals surface area contributed by atoms with Gasteiger partial charge < -0.3 is 5.32 Å². The van der Waals surface area contributed by atoms with Gasteiger partial charge in [-0.25, -0.2) is 4.98 Å². The van der Waals surface area contributed by atoms with Gasteiger partial charge in [-0.1, -0.05) is 65.3 Å². The summed E-state index contributed by atoms with van der Waals surface area (Å²) in [6.45, 7) is 0. The Morgan fingerprint density at radius 3 is 2.50 bits per heavy atom. The number of para-hydroxylation sites is 2. The molecule has 1 aromatic heterocycles. The second-order valence-electron chi connectivity index (χ2n) is 6.35. The number of nitrogens with one attached hydrogen (secondary N) is 1. The summed E-state index contributed by atoms with van der Waals surface area (Å²) in [6.07, 6.45) is 0. The van der Waals surface area contributed by atoms with Gasteiger partial charge in [0.2, 0.25) is 5.91 Å². The molecule has 4 aromatic rings. The zero-order chi connectivity index (χ0) is 21.1. The Bertz CT molecular complexity index is 1290. The van der Waals surface area contributed by atoms with E-state index >= 15 is 0 Å². The Hall–Kier alpha value is -2.80. The smallest absolute Gasteiger partial charge is 0.266 e. The highest BCUT2D eigenvalue weighted by atomic mass is 35.5. The van der Waals surface area contributed by atoms with E-state index in [1.54, 1.807) is 36.4 Å². The lowest BCUT2D eigenvalue weighted by atomic mass is 10.2. The highest BCUT2D eigenvalue weighted by molar-refractivity contribution is 7.99. The van der Waals surface area contributed by atoms with Crippen molar-refractivity contribution in [2.45, 2.75) is 5.16 Å². The summed E-state index contributed by atoms with van der Waals surface area (Å²) in [5, 5.41) is 4.54. The third kappa shape index (κ3) is 4.36. The fourth-order valence-corrected chi connectivity index (χ4v) is 4.19. The van der Waals surface area contributed by atoms with Gasteiger partial charge >= 0.3 is 0 Å². The summed E-state index contributed by atoms with van der Waals surface area (Å²) in [5.74, 6) is -0.220. The highest BCUT2D eigenvalue weighted by Crippen LogP contribution is 2.26. The summed E-state index contributed by atoms with van der Waals surface area (Å²) in [5.41, 5.74) is 1.55. The first-order valence-electron chi connectivity index (χ1n) is 8.98. The van der Waals surface area contributed by atoms with Crippen molar-refractivity contribution in [3.63, 3.8) is 0 Å². The van der Waals surface area contributed by atoms with Crippen LogP contribution in [0.4, 0.5) is 5.69 Å². The highest BCUT2D eigenvalue weighted by Gasteiger charge is 2.15. The van der Waals surface area contributed by atoms with Crippen molar-refractivity contribution < 1.29 is 4.79 Å². The number of benzene rings is 3. The number of thioether (sulfide) groups is 1. The number of nitrogens with zero attached hydrogens (tertiary/aromatic N) is 2. The average Bonchev–Trinajstić information content (AvgIpc) is 2.75. The van der Waals surface area contributed by atoms with Crippen molar-refractivity contribution in [2.24, 2.45) is 0 Å². The second kappa shape index (κ2) is 8.92. The summed E-state index contributed by atoms with van der Waals surface area (Å²) in [4.78, 5) is 30.2. The zero-order valence-corrected chi connectivity index (χ0v) is 17.8. The first-order valence-corrected chi connectivity index (χ1v) is 10.7. The van der Waals surface area contributed by atoms with E-state index in [0.717, 1.165) is 0 Å². The predicted molar refractivity (Wildman–Crippen MR) is 123 cm³/mol. The van der Waals surface area contributed by atoms with Gasteiger partial charge in [-0.2, -0.15) is 0 Å². The maximum atomic E-state index is 13.1. The molecule has 1 heterocycles. The molecule has 150 valence electrons. The van der Waals surface area contributed by atoms with Crippen LogP contribution in [0.1, 0.15) is 0 Å². The van der Waals surface area contributed by atoms with Gasteiger partial charge in [-0.15, -0.1) is 0 Å². The molecule has 3 aromatic carbocycles. The van der Waals surface area contributed by atoms with Gasteiger partial charge in [0.15, 0.2) is 5.16 Å². The Balaban J connectivity index is 1.65. The van der Waals surface area contributed by atoms with Crippen LogP contribution in [0.2, 0.25) is 10.0 Å². The molecule has 0 saturated carbocycles. The van der Waals surface area contributed by atoms with E-state index < -0.39 is 0 Å². The van der Waals surface area contributed by atoms with E-state index in [2.05, 4.69) is 10.3 Å². The van der Waals surface area contributed by atoms with Crippen LogP contribution in [0, 0.1) is 0 Å². The summed E-state index contributed by atoms with van der Waals surface area (Å²) < 4.78 is 1.52. The number of carbonyl (C=O) groups is 1. The topological polar surface area (TPSA) is 64.0 Å². The molecule has 0 aliphatic carbocycles. The van der Waals surface area contributed by atoms with Crippen LogP contribution in [0.15, 0.2) is 82.7 Å². The van der Waals surface area contributed by atoms with Crippen LogP contribution in [0.5, 0.6) is 0 Å². The molecule has 1 amide bonds. The Kier molecular flexibility index (Phi) is 6.08. The molecule has 30 heavy (non-hydrogen) atoms. The predicted octanol–water partition coefficient (Wildman–Crippen LogP) is 5.42. The summed E-state index contributed by atoms with van der Waals surface area (Å²) >= 11 is 13.2. The maximum Gasteiger partial charge on any atom is 0.266 e. The van der Waals surface area contributed by atoms with Gasteiger partial charge in [0.25, 0.3) is 5.56 Å². The normalized spacial score (nSPS) is 10.9. The maximum absolute atomic E-state index is 13.1.